The average Bonchev–Trinajstić information content (AvgIpc) is 2.76. The van der Waals surface area contributed by atoms with Gasteiger partial charge >= 0.3 is 0 Å². The van der Waals surface area contributed by atoms with Gasteiger partial charge in [-0.2, -0.15) is 0 Å². The average molecular weight is 263 g/mol. The third-order valence-corrected chi connectivity index (χ3v) is 4.42. The molecule has 3 heterocycles. The minimum absolute atomic E-state index is 0.00663. The zero-order valence-electron chi connectivity index (χ0n) is 11.6. The molecule has 0 unspecified atom stereocenters. The first-order valence-electron chi connectivity index (χ1n) is 7.12. The van der Waals surface area contributed by atoms with Crippen LogP contribution in [0.2, 0.25) is 0 Å². The summed E-state index contributed by atoms with van der Waals surface area (Å²) in [4.78, 5) is 20.6. The summed E-state index contributed by atoms with van der Waals surface area (Å²) in [5.74, 6) is 0.618. The lowest BCUT2D eigenvalue weighted by Crippen LogP contribution is -2.63. The maximum Gasteiger partial charge on any atom is 0.276 e. The van der Waals surface area contributed by atoms with Gasteiger partial charge in [0.2, 0.25) is 0 Å². The molecule has 0 N–H and O–H groups in total. The Balaban J connectivity index is 1.58. The van der Waals surface area contributed by atoms with Gasteiger partial charge in [0.25, 0.3) is 5.91 Å². The predicted molar refractivity (Wildman–Crippen MR) is 71.0 cm³/mol. The topological polar surface area (TPSA) is 49.6 Å². The number of rotatable bonds is 2. The summed E-state index contributed by atoms with van der Waals surface area (Å²) in [5, 5.41) is 0. The highest BCUT2D eigenvalue weighted by molar-refractivity contribution is 5.93. The van der Waals surface area contributed by atoms with E-state index in [0.29, 0.717) is 23.5 Å². The van der Waals surface area contributed by atoms with E-state index in [1.165, 1.54) is 32.2 Å². The highest BCUT2D eigenvalue weighted by atomic mass is 16.3. The van der Waals surface area contributed by atoms with Gasteiger partial charge < -0.3 is 9.32 Å². The van der Waals surface area contributed by atoms with Gasteiger partial charge in [0, 0.05) is 25.2 Å². The van der Waals surface area contributed by atoms with Gasteiger partial charge in [-0.25, -0.2) is 4.98 Å². The van der Waals surface area contributed by atoms with Gasteiger partial charge in [-0.05, 0) is 33.2 Å². The second kappa shape index (κ2) is 4.96. The summed E-state index contributed by atoms with van der Waals surface area (Å²) < 4.78 is 5.10. The van der Waals surface area contributed by atoms with Crippen LogP contribution >= 0.6 is 0 Å². The van der Waals surface area contributed by atoms with Crippen LogP contribution in [-0.4, -0.2) is 52.4 Å². The van der Waals surface area contributed by atoms with Crippen molar-refractivity contribution in [1.29, 1.82) is 0 Å². The van der Waals surface area contributed by atoms with Gasteiger partial charge in [0.15, 0.2) is 12.1 Å². The first-order chi connectivity index (χ1) is 9.16. The van der Waals surface area contributed by atoms with Crippen molar-refractivity contribution in [3.8, 4) is 0 Å². The van der Waals surface area contributed by atoms with Gasteiger partial charge in [-0.1, -0.05) is 6.42 Å². The molecule has 0 spiro atoms. The number of hydrogen-bond acceptors (Lipinski definition) is 4. The highest BCUT2D eigenvalue weighted by Gasteiger charge is 2.38. The molecule has 0 radical (unpaired) electrons. The maximum atomic E-state index is 12.2. The molecule has 0 saturated carbocycles. The number of piperidine rings is 1. The number of aryl methyl sites for hydroxylation is 1. The summed E-state index contributed by atoms with van der Waals surface area (Å²) in [6.45, 7) is 6.91. The third kappa shape index (κ3) is 2.27. The summed E-state index contributed by atoms with van der Waals surface area (Å²) in [7, 11) is 0. The lowest BCUT2D eigenvalue weighted by molar-refractivity contribution is 0.00175. The largest absolute Gasteiger partial charge is 0.448 e. The number of carbonyl (C=O) groups is 1. The first-order valence-corrected chi connectivity index (χ1v) is 7.12. The van der Waals surface area contributed by atoms with Crippen LogP contribution in [0.1, 0.15) is 42.4 Å². The fraction of sp³-hybridized carbons (Fsp3) is 0.714. The Morgan fingerprint density at radius 2 is 2.21 bits per heavy atom. The highest BCUT2D eigenvalue weighted by Crippen LogP contribution is 2.25. The summed E-state index contributed by atoms with van der Waals surface area (Å²) in [6.07, 6.45) is 5.25. The molecule has 104 valence electrons. The van der Waals surface area contributed by atoms with Crippen molar-refractivity contribution in [3.05, 3.63) is 17.8 Å². The van der Waals surface area contributed by atoms with Crippen LogP contribution in [0, 0.1) is 6.92 Å². The molecular weight excluding hydrogens is 242 g/mol. The molecule has 1 aromatic heterocycles. The van der Waals surface area contributed by atoms with Crippen molar-refractivity contribution in [2.75, 3.05) is 19.6 Å². The molecule has 5 heteroatoms. The number of amides is 1. The van der Waals surface area contributed by atoms with Crippen LogP contribution in [0.25, 0.3) is 0 Å². The number of aromatic nitrogens is 1. The predicted octanol–water partition coefficient (Wildman–Crippen LogP) is 1.68. The van der Waals surface area contributed by atoms with Crippen molar-refractivity contribution in [1.82, 2.24) is 14.8 Å². The Kier molecular flexibility index (Phi) is 3.31. The van der Waals surface area contributed by atoms with Gasteiger partial charge in [-0.3, -0.25) is 9.69 Å². The van der Waals surface area contributed by atoms with Crippen molar-refractivity contribution < 1.29 is 9.21 Å². The van der Waals surface area contributed by atoms with E-state index in [-0.39, 0.29) is 5.91 Å². The third-order valence-electron chi connectivity index (χ3n) is 4.42. The molecule has 1 amide bonds. The van der Waals surface area contributed by atoms with Crippen LogP contribution in [0.15, 0.2) is 10.8 Å². The Morgan fingerprint density at radius 1 is 1.42 bits per heavy atom. The maximum absolute atomic E-state index is 12.2. The van der Waals surface area contributed by atoms with E-state index in [9.17, 15) is 4.79 Å². The van der Waals surface area contributed by atoms with Crippen molar-refractivity contribution >= 4 is 5.91 Å². The molecule has 1 aromatic rings. The molecule has 2 fully saturated rings. The number of hydrogen-bond donors (Lipinski definition) is 0. The SMILES string of the molecule is Cc1ocnc1C(=O)N1CC(N2CCCC[C@@H]2C)C1. The minimum Gasteiger partial charge on any atom is -0.448 e. The van der Waals surface area contributed by atoms with E-state index in [1.807, 2.05) is 4.90 Å². The van der Waals surface area contributed by atoms with E-state index in [1.54, 1.807) is 6.92 Å². The Bertz CT molecular complexity index is 465. The summed E-state index contributed by atoms with van der Waals surface area (Å²) in [5.41, 5.74) is 0.463. The zero-order chi connectivity index (χ0) is 13.4. The lowest BCUT2D eigenvalue weighted by atomic mass is 9.97. The molecule has 2 saturated heterocycles. The number of carbonyl (C=O) groups excluding carboxylic acids is 1. The quantitative estimate of drug-likeness (QED) is 0.814. The standard InChI is InChI=1S/C14H21N3O2/c1-10-5-3-4-6-17(10)12-7-16(8-12)14(18)13-11(2)19-9-15-13/h9-10,12H,3-8H2,1-2H3/t10-/m0/s1. The van der Waals surface area contributed by atoms with Crippen LogP contribution in [0.4, 0.5) is 0 Å². The van der Waals surface area contributed by atoms with E-state index in [4.69, 9.17) is 4.42 Å². The smallest absolute Gasteiger partial charge is 0.276 e. The second-order valence-electron chi connectivity index (χ2n) is 5.70. The van der Waals surface area contributed by atoms with Crippen LogP contribution in [0.3, 0.4) is 0 Å². The fourth-order valence-electron chi connectivity index (χ4n) is 3.15. The van der Waals surface area contributed by atoms with Gasteiger partial charge in [0.1, 0.15) is 5.76 Å². The Morgan fingerprint density at radius 3 is 2.84 bits per heavy atom. The van der Waals surface area contributed by atoms with Crippen LogP contribution < -0.4 is 0 Å². The molecule has 19 heavy (non-hydrogen) atoms. The summed E-state index contributed by atoms with van der Waals surface area (Å²) in [6, 6.07) is 1.19. The van der Waals surface area contributed by atoms with E-state index < -0.39 is 0 Å². The Hall–Kier alpha value is -1.36. The molecule has 0 aromatic carbocycles. The molecule has 0 aliphatic carbocycles. The molecule has 2 aliphatic heterocycles. The molecular formula is C14H21N3O2. The monoisotopic (exact) mass is 263 g/mol. The van der Waals surface area contributed by atoms with E-state index in [2.05, 4.69) is 16.8 Å². The number of oxazole rings is 1. The fourth-order valence-corrected chi connectivity index (χ4v) is 3.15. The van der Waals surface area contributed by atoms with E-state index in [0.717, 1.165) is 13.1 Å². The zero-order valence-corrected chi connectivity index (χ0v) is 11.6. The van der Waals surface area contributed by atoms with Crippen LogP contribution in [0.5, 0.6) is 0 Å². The lowest BCUT2D eigenvalue weighted by Gasteiger charge is -2.49. The summed E-state index contributed by atoms with van der Waals surface area (Å²) >= 11 is 0. The van der Waals surface area contributed by atoms with Gasteiger partial charge in [-0.15, -0.1) is 0 Å². The van der Waals surface area contributed by atoms with Crippen molar-refractivity contribution in [3.63, 3.8) is 0 Å². The molecule has 0 bridgehead atoms. The van der Waals surface area contributed by atoms with Crippen molar-refractivity contribution in [2.24, 2.45) is 0 Å². The van der Waals surface area contributed by atoms with Crippen LogP contribution in [-0.2, 0) is 0 Å². The first kappa shape index (κ1) is 12.7. The van der Waals surface area contributed by atoms with Crippen molar-refractivity contribution in [2.45, 2.75) is 45.2 Å². The minimum atomic E-state index is 0.00663. The molecule has 2 aliphatic rings. The normalized spacial score (nSPS) is 25.4. The van der Waals surface area contributed by atoms with Gasteiger partial charge in [0.05, 0.1) is 0 Å². The number of likely N-dealkylation sites (tertiary alicyclic amines) is 2. The number of nitrogens with zero attached hydrogens (tertiary/aromatic N) is 3. The molecule has 5 nitrogen and oxygen atoms in total. The molecule has 3 rings (SSSR count). The Labute approximate surface area is 113 Å². The second-order valence-corrected chi connectivity index (χ2v) is 5.70. The molecule has 1 atom stereocenters. The van der Waals surface area contributed by atoms with E-state index >= 15 is 0 Å².